The third-order valence-electron chi connectivity index (χ3n) is 7.61. The number of carbonyl (C=O) groups is 4. The summed E-state index contributed by atoms with van der Waals surface area (Å²) in [6, 6.07) is 4.98. The van der Waals surface area contributed by atoms with E-state index >= 15 is 0 Å². The number of non-ortho nitro benzene ring substituents is 1. The Morgan fingerprint density at radius 1 is 0.933 bits per heavy atom. The zero-order valence-corrected chi connectivity index (χ0v) is 28.4. The molecule has 1 rings (SSSR count). The number of amides is 2. The highest BCUT2D eigenvalue weighted by Gasteiger charge is 2.39. The highest BCUT2D eigenvalue weighted by atomic mass is 16.6. The molecular formula is C31H52N6O8. The van der Waals surface area contributed by atoms with Crippen LogP contribution in [0.3, 0.4) is 0 Å². The Bertz CT molecular complexity index is 1200. The minimum absolute atomic E-state index is 0.00715. The van der Waals surface area contributed by atoms with Crippen molar-refractivity contribution < 1.29 is 33.6 Å². The van der Waals surface area contributed by atoms with Gasteiger partial charge < -0.3 is 25.4 Å². The van der Waals surface area contributed by atoms with Crippen LogP contribution < -0.4 is 21.1 Å². The van der Waals surface area contributed by atoms with E-state index in [4.69, 9.17) is 15.2 Å². The topological polar surface area (TPSA) is 186 Å². The van der Waals surface area contributed by atoms with Crippen molar-refractivity contribution in [3.05, 3.63) is 34.4 Å². The van der Waals surface area contributed by atoms with Crippen molar-refractivity contribution in [1.29, 1.82) is 0 Å². The van der Waals surface area contributed by atoms with Gasteiger partial charge in [-0.2, -0.15) is 0 Å². The highest BCUT2D eigenvalue weighted by molar-refractivity contribution is 5.94. The van der Waals surface area contributed by atoms with Crippen molar-refractivity contribution in [3.8, 4) is 5.75 Å². The number of likely N-dealkylation sites (N-methyl/N-ethyl adjacent to an activating group) is 2. The van der Waals surface area contributed by atoms with Crippen molar-refractivity contribution in [2.24, 2.45) is 5.73 Å². The summed E-state index contributed by atoms with van der Waals surface area (Å²) >= 11 is 0. The second-order valence-corrected chi connectivity index (χ2v) is 13.5. The maximum atomic E-state index is 13.4. The molecule has 0 heterocycles. The zero-order valence-electron chi connectivity index (χ0n) is 28.4. The molecule has 0 spiro atoms. The van der Waals surface area contributed by atoms with Gasteiger partial charge in [0.15, 0.2) is 11.6 Å². The fourth-order valence-corrected chi connectivity index (χ4v) is 4.31. The van der Waals surface area contributed by atoms with E-state index in [0.29, 0.717) is 19.6 Å². The van der Waals surface area contributed by atoms with Crippen LogP contribution in [0.1, 0.15) is 68.2 Å². The second kappa shape index (κ2) is 16.2. The molecule has 0 fully saturated rings. The molecule has 14 nitrogen and oxygen atoms in total. The Morgan fingerprint density at radius 2 is 1.51 bits per heavy atom. The third-order valence-corrected chi connectivity index (χ3v) is 7.61. The van der Waals surface area contributed by atoms with E-state index in [1.165, 1.54) is 36.2 Å². The number of rotatable bonds is 19. The van der Waals surface area contributed by atoms with Gasteiger partial charge in [-0.15, -0.1) is 0 Å². The van der Waals surface area contributed by atoms with Crippen molar-refractivity contribution in [2.45, 2.75) is 90.4 Å². The first-order valence-corrected chi connectivity index (χ1v) is 14.9. The number of ketones is 2. The molecule has 0 unspecified atom stereocenters. The van der Waals surface area contributed by atoms with Crippen LogP contribution in [0.25, 0.3) is 0 Å². The molecule has 1 aromatic carbocycles. The average molecular weight is 637 g/mol. The predicted octanol–water partition coefficient (Wildman–Crippen LogP) is 2.67. The molecule has 0 aliphatic carbocycles. The number of Topliss-reactive ketones (excluding diaryl/α,β-unsaturated/α-hetero) is 2. The van der Waals surface area contributed by atoms with Gasteiger partial charge in [0.1, 0.15) is 5.75 Å². The molecule has 0 saturated carbocycles. The maximum absolute atomic E-state index is 13.4. The van der Waals surface area contributed by atoms with Crippen molar-refractivity contribution in [3.63, 3.8) is 0 Å². The molecule has 2 amide bonds. The Hall–Kier alpha value is -3.46. The van der Waals surface area contributed by atoms with Crippen LogP contribution in [0, 0.1) is 10.1 Å². The number of nitro groups is 1. The number of carbonyl (C=O) groups excluding carboxylic acids is 4. The standard InChI is InChI=1S/C31H52N6O8/c1-28(2,21-44-29(3,4)16-17-32)34-30(5,6)24(38)20-36(10)31(7,8)25(39)19-35(9)26(40)15-18-33-27(41)45-23-13-11-22(12-14-23)37(42)43/h11-14,34H,15-21,32H2,1-10H3,(H,33,41). The van der Waals surface area contributed by atoms with Gasteiger partial charge in [0.05, 0.1) is 41.3 Å². The number of nitrogens with one attached hydrogen (secondary N) is 2. The molecule has 0 radical (unpaired) electrons. The summed E-state index contributed by atoms with van der Waals surface area (Å²) in [4.78, 5) is 64.4. The van der Waals surface area contributed by atoms with Gasteiger partial charge in [0.25, 0.3) is 5.69 Å². The number of benzene rings is 1. The minimum Gasteiger partial charge on any atom is -0.410 e. The number of hydrogen-bond donors (Lipinski definition) is 3. The predicted molar refractivity (Wildman–Crippen MR) is 171 cm³/mol. The molecule has 14 heteroatoms. The Kier molecular flexibility index (Phi) is 14.2. The van der Waals surface area contributed by atoms with Crippen LogP contribution in [0.2, 0.25) is 0 Å². The number of nitrogens with zero attached hydrogens (tertiary/aromatic N) is 3. The number of hydrogen-bond acceptors (Lipinski definition) is 11. The summed E-state index contributed by atoms with van der Waals surface area (Å²) in [5.74, 6) is -0.647. The van der Waals surface area contributed by atoms with E-state index in [-0.39, 0.29) is 60.6 Å². The largest absolute Gasteiger partial charge is 0.412 e. The average Bonchev–Trinajstić information content (AvgIpc) is 2.91. The molecule has 0 aliphatic rings. The summed E-state index contributed by atoms with van der Waals surface area (Å²) in [6.45, 7) is 15.5. The van der Waals surface area contributed by atoms with Crippen molar-refractivity contribution >= 4 is 29.3 Å². The van der Waals surface area contributed by atoms with Crippen molar-refractivity contribution in [2.75, 3.05) is 46.9 Å². The molecule has 0 aromatic heterocycles. The summed E-state index contributed by atoms with van der Waals surface area (Å²) in [5.41, 5.74) is 2.65. The molecule has 254 valence electrons. The van der Waals surface area contributed by atoms with Gasteiger partial charge in [-0.05, 0) is 87.5 Å². The SMILES string of the molecule is CN(CC(=O)C(C)(C)N(C)CC(=O)C(C)(C)NC(C)(C)COC(C)(C)CCN)C(=O)CCNC(=O)Oc1ccc([N+](=O)[O-])cc1. The zero-order chi connectivity index (χ0) is 34.8. The number of nitrogens with two attached hydrogens (primary N) is 1. The summed E-state index contributed by atoms with van der Waals surface area (Å²) in [7, 11) is 3.18. The lowest BCUT2D eigenvalue weighted by atomic mass is 9.91. The van der Waals surface area contributed by atoms with Crippen LogP contribution >= 0.6 is 0 Å². The number of nitro benzene ring substituents is 1. The van der Waals surface area contributed by atoms with E-state index in [1.807, 2.05) is 27.7 Å². The first kappa shape index (κ1) is 39.6. The van der Waals surface area contributed by atoms with Crippen LogP contribution in [-0.2, 0) is 19.1 Å². The van der Waals surface area contributed by atoms with E-state index in [2.05, 4.69) is 10.6 Å². The van der Waals surface area contributed by atoms with Gasteiger partial charge in [-0.25, -0.2) is 4.79 Å². The third kappa shape index (κ3) is 13.2. The van der Waals surface area contributed by atoms with Gasteiger partial charge in [-0.3, -0.25) is 34.7 Å². The fraction of sp³-hybridized carbons (Fsp3) is 0.677. The second-order valence-electron chi connectivity index (χ2n) is 13.5. The van der Waals surface area contributed by atoms with Crippen molar-refractivity contribution in [1.82, 2.24) is 20.4 Å². The maximum Gasteiger partial charge on any atom is 0.412 e. The van der Waals surface area contributed by atoms with Gasteiger partial charge in [-0.1, -0.05) is 0 Å². The minimum atomic E-state index is -1.06. The highest BCUT2D eigenvalue weighted by Crippen LogP contribution is 2.21. The van der Waals surface area contributed by atoms with Gasteiger partial charge in [0.2, 0.25) is 5.91 Å². The molecule has 45 heavy (non-hydrogen) atoms. The molecule has 0 bridgehead atoms. The molecule has 0 aliphatic heterocycles. The molecular weight excluding hydrogens is 584 g/mol. The lowest BCUT2D eigenvalue weighted by Gasteiger charge is -2.40. The van der Waals surface area contributed by atoms with E-state index in [0.717, 1.165) is 0 Å². The van der Waals surface area contributed by atoms with E-state index in [9.17, 15) is 29.3 Å². The molecule has 0 atom stereocenters. The van der Waals surface area contributed by atoms with Crippen LogP contribution in [0.15, 0.2) is 24.3 Å². The summed E-state index contributed by atoms with van der Waals surface area (Å²) in [5, 5.41) is 16.6. The summed E-state index contributed by atoms with van der Waals surface area (Å²) < 4.78 is 11.1. The molecule has 1 aromatic rings. The quantitative estimate of drug-likeness (QED) is 0.150. The van der Waals surface area contributed by atoms with Gasteiger partial charge >= 0.3 is 6.09 Å². The normalized spacial score (nSPS) is 12.5. The van der Waals surface area contributed by atoms with E-state index < -0.39 is 27.6 Å². The van der Waals surface area contributed by atoms with Crippen LogP contribution in [0.5, 0.6) is 5.75 Å². The lowest BCUT2D eigenvalue weighted by Crippen LogP contribution is -2.62. The lowest BCUT2D eigenvalue weighted by molar-refractivity contribution is -0.384. The first-order valence-electron chi connectivity index (χ1n) is 14.9. The fourth-order valence-electron chi connectivity index (χ4n) is 4.31. The Morgan fingerprint density at radius 3 is 2.04 bits per heavy atom. The van der Waals surface area contributed by atoms with Crippen LogP contribution in [-0.4, -0.2) is 107 Å². The van der Waals surface area contributed by atoms with Gasteiger partial charge in [0, 0.05) is 37.7 Å². The Balaban J connectivity index is 2.62. The van der Waals surface area contributed by atoms with E-state index in [1.54, 1.807) is 39.6 Å². The van der Waals surface area contributed by atoms with Crippen LogP contribution in [0.4, 0.5) is 10.5 Å². The molecule has 0 saturated heterocycles. The first-order chi connectivity index (χ1) is 20.5. The smallest absolute Gasteiger partial charge is 0.410 e. The number of ether oxygens (including phenoxy) is 2. The summed E-state index contributed by atoms with van der Waals surface area (Å²) in [6.07, 6.45) is -0.208. The molecule has 4 N–H and O–H groups in total. The monoisotopic (exact) mass is 636 g/mol. The Labute approximate surface area is 266 Å².